The SMILES string of the molecule is c1cc(-c2cc(N3CC(OCCCCNCc4cc5cc(OC6CCC6)ccc5[nH]4)C3)c3cn[nH]c3c2)cnn1. The summed E-state index contributed by atoms with van der Waals surface area (Å²) in [6, 6.07) is 14.9. The minimum atomic E-state index is 0.269. The first-order valence-corrected chi connectivity index (χ1v) is 14.4. The third-order valence-electron chi connectivity index (χ3n) is 8.06. The number of aromatic nitrogens is 5. The Balaban J connectivity index is 0.828. The normalized spacial score (nSPS) is 15.9. The van der Waals surface area contributed by atoms with Crippen LogP contribution in [0.5, 0.6) is 5.75 Å². The molecule has 2 aliphatic rings. The molecule has 0 spiro atoms. The molecule has 7 rings (SSSR count). The number of nitrogens with one attached hydrogen (secondary N) is 3. The number of nitrogens with zero attached hydrogens (tertiary/aromatic N) is 4. The van der Waals surface area contributed by atoms with Gasteiger partial charge in [0.15, 0.2) is 0 Å². The van der Waals surface area contributed by atoms with E-state index in [1.54, 1.807) is 12.4 Å². The Morgan fingerprint density at radius 1 is 0.925 bits per heavy atom. The largest absolute Gasteiger partial charge is 0.490 e. The first-order chi connectivity index (χ1) is 19.8. The van der Waals surface area contributed by atoms with Gasteiger partial charge in [0.05, 0.1) is 36.3 Å². The number of H-pyrrole nitrogens is 2. The molecule has 2 fully saturated rings. The molecule has 1 aliphatic carbocycles. The molecule has 0 unspecified atom stereocenters. The van der Waals surface area contributed by atoms with E-state index in [2.05, 4.69) is 72.0 Å². The van der Waals surface area contributed by atoms with Gasteiger partial charge in [-0.25, -0.2) is 0 Å². The van der Waals surface area contributed by atoms with Gasteiger partial charge >= 0.3 is 0 Å². The maximum Gasteiger partial charge on any atom is 0.120 e. The van der Waals surface area contributed by atoms with Crippen LogP contribution in [0.1, 0.15) is 37.8 Å². The number of hydrogen-bond acceptors (Lipinski definition) is 7. The Kier molecular flexibility index (Phi) is 7.06. The molecule has 1 saturated carbocycles. The van der Waals surface area contributed by atoms with Crippen molar-refractivity contribution in [3.05, 3.63) is 66.7 Å². The molecule has 3 N–H and O–H groups in total. The standard InChI is InChI=1S/C31H35N7O2/c1(9-32-17-24-12-23-13-26(6-7-29(23)36-24)40-25-4-3-5-25)2-11-39-27-19-38(20-27)31-15-22(21-8-10-33-34-16-21)14-30-28(31)18-35-37-30/h6-8,10,12-16,18,25,27,32,36H,1-5,9,11,17,19-20H2,(H,35,37). The summed E-state index contributed by atoms with van der Waals surface area (Å²) in [5.74, 6) is 0.982. The van der Waals surface area contributed by atoms with Gasteiger partial charge in [0.2, 0.25) is 0 Å². The predicted octanol–water partition coefficient (Wildman–Crippen LogP) is 5.21. The van der Waals surface area contributed by atoms with Crippen molar-refractivity contribution in [2.45, 2.75) is 50.9 Å². The smallest absolute Gasteiger partial charge is 0.120 e. The van der Waals surface area contributed by atoms with Crippen molar-refractivity contribution in [2.75, 3.05) is 31.1 Å². The van der Waals surface area contributed by atoms with Crippen LogP contribution in [0.3, 0.4) is 0 Å². The van der Waals surface area contributed by atoms with Crippen LogP contribution in [0.4, 0.5) is 5.69 Å². The molecule has 0 bridgehead atoms. The van der Waals surface area contributed by atoms with Gasteiger partial charge in [0.1, 0.15) is 5.75 Å². The summed E-state index contributed by atoms with van der Waals surface area (Å²) in [4.78, 5) is 5.88. The number of anilines is 1. The molecule has 5 aromatic rings. The van der Waals surface area contributed by atoms with Crippen LogP contribution in [0.25, 0.3) is 32.9 Å². The zero-order valence-corrected chi connectivity index (χ0v) is 22.6. The molecule has 206 valence electrons. The van der Waals surface area contributed by atoms with E-state index < -0.39 is 0 Å². The van der Waals surface area contributed by atoms with Crippen molar-refractivity contribution >= 4 is 27.5 Å². The summed E-state index contributed by atoms with van der Waals surface area (Å²) < 4.78 is 12.2. The van der Waals surface area contributed by atoms with Crippen molar-refractivity contribution in [3.8, 4) is 16.9 Å². The van der Waals surface area contributed by atoms with Gasteiger partial charge in [0.25, 0.3) is 0 Å². The predicted molar refractivity (Wildman–Crippen MR) is 157 cm³/mol. The van der Waals surface area contributed by atoms with Gasteiger partial charge in [-0.05, 0) is 86.7 Å². The van der Waals surface area contributed by atoms with E-state index in [-0.39, 0.29) is 6.10 Å². The molecule has 9 heteroatoms. The monoisotopic (exact) mass is 537 g/mol. The Bertz CT molecular complexity index is 1570. The highest BCUT2D eigenvalue weighted by Gasteiger charge is 2.29. The molecule has 2 aromatic carbocycles. The fourth-order valence-electron chi connectivity index (χ4n) is 5.51. The second-order valence-electron chi connectivity index (χ2n) is 11.0. The van der Waals surface area contributed by atoms with Gasteiger partial charge in [-0.3, -0.25) is 5.10 Å². The zero-order chi connectivity index (χ0) is 26.7. The molecule has 3 aromatic heterocycles. The molecule has 1 saturated heterocycles. The Labute approximate surface area is 233 Å². The summed E-state index contributed by atoms with van der Waals surface area (Å²) >= 11 is 0. The van der Waals surface area contributed by atoms with E-state index in [0.717, 1.165) is 78.9 Å². The number of aromatic amines is 2. The van der Waals surface area contributed by atoms with E-state index in [9.17, 15) is 0 Å². The molecule has 4 heterocycles. The second kappa shape index (κ2) is 11.3. The number of ether oxygens (including phenoxy) is 2. The lowest BCUT2D eigenvalue weighted by Crippen LogP contribution is -2.52. The fourth-order valence-corrected chi connectivity index (χ4v) is 5.51. The highest BCUT2D eigenvalue weighted by molar-refractivity contribution is 5.96. The first kappa shape index (κ1) is 25.0. The quantitative estimate of drug-likeness (QED) is 0.188. The zero-order valence-electron chi connectivity index (χ0n) is 22.6. The lowest BCUT2D eigenvalue weighted by atomic mass is 9.96. The highest BCUT2D eigenvalue weighted by Crippen LogP contribution is 2.35. The van der Waals surface area contributed by atoms with Gasteiger partial charge in [0, 0.05) is 59.5 Å². The second-order valence-corrected chi connectivity index (χ2v) is 11.0. The van der Waals surface area contributed by atoms with Crippen molar-refractivity contribution in [2.24, 2.45) is 0 Å². The Morgan fingerprint density at radius 2 is 1.88 bits per heavy atom. The van der Waals surface area contributed by atoms with Crippen LogP contribution in [0.2, 0.25) is 0 Å². The van der Waals surface area contributed by atoms with Gasteiger partial charge in [-0.1, -0.05) is 0 Å². The van der Waals surface area contributed by atoms with Crippen LogP contribution in [0.15, 0.2) is 61.1 Å². The molecule has 0 radical (unpaired) electrons. The minimum Gasteiger partial charge on any atom is -0.490 e. The molecule has 9 nitrogen and oxygen atoms in total. The van der Waals surface area contributed by atoms with Crippen molar-refractivity contribution in [1.29, 1.82) is 0 Å². The van der Waals surface area contributed by atoms with Crippen LogP contribution in [0, 0.1) is 0 Å². The molecule has 40 heavy (non-hydrogen) atoms. The van der Waals surface area contributed by atoms with E-state index in [4.69, 9.17) is 9.47 Å². The number of benzene rings is 2. The third-order valence-corrected chi connectivity index (χ3v) is 8.06. The van der Waals surface area contributed by atoms with Gasteiger partial charge in [-0.2, -0.15) is 15.3 Å². The summed E-state index contributed by atoms with van der Waals surface area (Å²) in [5, 5.41) is 21.2. The maximum atomic E-state index is 6.16. The van der Waals surface area contributed by atoms with Crippen molar-refractivity contribution < 1.29 is 9.47 Å². The minimum absolute atomic E-state index is 0.269. The average molecular weight is 538 g/mol. The lowest BCUT2D eigenvalue weighted by Gasteiger charge is -2.41. The van der Waals surface area contributed by atoms with Crippen LogP contribution in [-0.4, -0.2) is 63.8 Å². The maximum absolute atomic E-state index is 6.16. The third kappa shape index (κ3) is 5.39. The van der Waals surface area contributed by atoms with Crippen LogP contribution < -0.4 is 15.0 Å². The summed E-state index contributed by atoms with van der Waals surface area (Å²) in [5.41, 5.74) is 6.72. The Morgan fingerprint density at radius 3 is 2.73 bits per heavy atom. The molecular formula is C31H35N7O2. The number of fused-ring (bicyclic) bond motifs is 2. The lowest BCUT2D eigenvalue weighted by molar-refractivity contribution is 0.0324. The van der Waals surface area contributed by atoms with E-state index in [1.165, 1.54) is 36.0 Å². The average Bonchev–Trinajstić information content (AvgIpc) is 3.58. The summed E-state index contributed by atoms with van der Waals surface area (Å²) in [6.07, 6.45) is 11.9. The van der Waals surface area contributed by atoms with Crippen molar-refractivity contribution in [1.82, 2.24) is 30.7 Å². The summed E-state index contributed by atoms with van der Waals surface area (Å²) in [7, 11) is 0. The van der Waals surface area contributed by atoms with E-state index in [0.29, 0.717) is 6.10 Å². The first-order valence-electron chi connectivity index (χ1n) is 14.4. The van der Waals surface area contributed by atoms with E-state index in [1.807, 2.05) is 12.3 Å². The highest BCUT2D eigenvalue weighted by atomic mass is 16.5. The van der Waals surface area contributed by atoms with Gasteiger partial charge < -0.3 is 24.7 Å². The topological polar surface area (TPSA) is 104 Å². The summed E-state index contributed by atoms with van der Waals surface area (Å²) in [6.45, 7) is 4.39. The van der Waals surface area contributed by atoms with Crippen LogP contribution in [-0.2, 0) is 11.3 Å². The fraction of sp³-hybridized carbons (Fsp3) is 0.387. The number of hydrogen-bond donors (Lipinski definition) is 3. The molecule has 0 amide bonds. The Hall–Kier alpha value is -3.95. The number of rotatable bonds is 12. The molecule has 1 aliphatic heterocycles. The molecule has 0 atom stereocenters. The molecular weight excluding hydrogens is 502 g/mol. The van der Waals surface area contributed by atoms with Crippen LogP contribution >= 0.6 is 0 Å². The van der Waals surface area contributed by atoms with E-state index >= 15 is 0 Å². The van der Waals surface area contributed by atoms with Crippen molar-refractivity contribution in [3.63, 3.8) is 0 Å². The number of unbranched alkanes of at least 4 members (excludes halogenated alkanes) is 1. The van der Waals surface area contributed by atoms with Gasteiger partial charge in [-0.15, -0.1) is 0 Å².